The molecule has 46 heavy (non-hydrogen) atoms. The maximum Gasteiger partial charge on any atom is 3.00 e. The van der Waals surface area contributed by atoms with Crippen LogP contribution in [0.25, 0.3) is 22.0 Å². The third kappa shape index (κ3) is 9.49. The molecule has 5 aromatic rings. The summed E-state index contributed by atoms with van der Waals surface area (Å²) < 4.78 is 0. The van der Waals surface area contributed by atoms with Gasteiger partial charge in [0, 0.05) is 17.6 Å². The second-order valence-electron chi connectivity index (χ2n) is 12.1. The second-order valence-corrected chi connectivity index (χ2v) is 12.1. The van der Waals surface area contributed by atoms with Gasteiger partial charge in [0.25, 0.3) is 0 Å². The summed E-state index contributed by atoms with van der Waals surface area (Å²) in [6, 6.07) is 40.0. The Kier molecular flexibility index (Phi) is 13.4. The van der Waals surface area contributed by atoms with Crippen LogP contribution in [0.1, 0.15) is 63.9 Å². The number of benzene rings is 4. The Hall–Kier alpha value is -3.54. The smallest absolute Gasteiger partial charge is 0.504 e. The van der Waals surface area contributed by atoms with Crippen LogP contribution in [0.3, 0.4) is 0 Å². The van der Waals surface area contributed by atoms with Gasteiger partial charge in [-0.1, -0.05) is 49.6 Å². The van der Waals surface area contributed by atoms with Crippen LogP contribution in [0.4, 0.5) is 17.1 Å². The standard InChI is InChI=1S/C21H20N.C14H12N2.C5H12O2.Ir/c1-3-7-16(8-4-1)18-11-12-19-14-21(22-15-20(19)13-18)17-9-5-2-6-10-17;1-15-11-16(12-7-3-2-4-8-12)14-10-6-5-9-13(14)15;1-4(6)3-5(2)7;/h2,5-6,9,11-16H,1,3-4,7-8H2;2-7,9-11H,1H3;4-7H,3H2,1-2H3;/q-1;-2;;+3. The second kappa shape index (κ2) is 17.4. The number of aliphatic hydroxyl groups excluding tert-OH is 2. The van der Waals surface area contributed by atoms with E-state index in [9.17, 15) is 0 Å². The predicted molar refractivity (Wildman–Crippen MR) is 186 cm³/mol. The Balaban J connectivity index is 0.000000176. The van der Waals surface area contributed by atoms with Crippen molar-refractivity contribution >= 4 is 27.8 Å². The van der Waals surface area contributed by atoms with E-state index >= 15 is 0 Å². The van der Waals surface area contributed by atoms with E-state index in [0.717, 1.165) is 22.9 Å². The molecule has 5 nitrogen and oxygen atoms in total. The van der Waals surface area contributed by atoms with E-state index in [-0.39, 0.29) is 32.3 Å². The first-order valence-corrected chi connectivity index (χ1v) is 16.0. The zero-order valence-electron chi connectivity index (χ0n) is 26.9. The number of para-hydroxylation sites is 3. The normalized spacial score (nSPS) is 15.4. The first-order chi connectivity index (χ1) is 21.9. The molecule has 0 bridgehead atoms. The molecule has 1 aliphatic carbocycles. The minimum atomic E-state index is -0.375. The van der Waals surface area contributed by atoms with E-state index in [1.807, 2.05) is 42.6 Å². The maximum absolute atomic E-state index is 8.56. The molecule has 0 amide bonds. The number of aliphatic hydroxyl groups is 2. The summed E-state index contributed by atoms with van der Waals surface area (Å²) >= 11 is 0. The summed E-state index contributed by atoms with van der Waals surface area (Å²) in [6.07, 6.45) is 8.58. The summed E-state index contributed by atoms with van der Waals surface area (Å²) in [5, 5.41) is 19.6. The topological polar surface area (TPSA) is 59.8 Å². The number of nitrogens with zero attached hydrogens (tertiary/aromatic N) is 3. The van der Waals surface area contributed by atoms with Crippen molar-refractivity contribution in [2.24, 2.45) is 0 Å². The van der Waals surface area contributed by atoms with Crippen molar-refractivity contribution < 1.29 is 30.3 Å². The van der Waals surface area contributed by atoms with Gasteiger partial charge >= 0.3 is 20.1 Å². The molecule has 2 aliphatic rings. The predicted octanol–water partition coefficient (Wildman–Crippen LogP) is 9.08. The molecule has 0 radical (unpaired) electrons. The number of hydrogen-bond donors (Lipinski definition) is 2. The van der Waals surface area contributed by atoms with Crippen LogP contribution >= 0.6 is 0 Å². The van der Waals surface area contributed by atoms with Gasteiger partial charge in [0.15, 0.2) is 0 Å². The number of rotatable bonds is 5. The Bertz CT molecular complexity index is 1620. The molecule has 6 heteroatoms. The minimum absolute atomic E-state index is 0. The zero-order valence-corrected chi connectivity index (χ0v) is 29.3. The molecule has 4 aromatic carbocycles. The van der Waals surface area contributed by atoms with Gasteiger partial charge in [0.1, 0.15) is 0 Å². The Morgan fingerprint density at radius 2 is 1.48 bits per heavy atom. The molecule has 2 unspecified atom stereocenters. The van der Waals surface area contributed by atoms with Gasteiger partial charge in [0.2, 0.25) is 0 Å². The van der Waals surface area contributed by atoms with E-state index < -0.39 is 0 Å². The molecular formula is C40H44IrN3O2. The van der Waals surface area contributed by atoms with E-state index in [1.54, 1.807) is 13.8 Å². The molecule has 1 aliphatic heterocycles. The summed E-state index contributed by atoms with van der Waals surface area (Å²) in [6.45, 7) is 5.40. The Labute approximate surface area is 288 Å². The fraction of sp³-hybridized carbons (Fsp3) is 0.300. The van der Waals surface area contributed by atoms with Crippen molar-refractivity contribution in [3.8, 4) is 11.3 Å². The molecule has 7 rings (SSSR count). The van der Waals surface area contributed by atoms with Crippen LogP contribution in [0.2, 0.25) is 0 Å². The van der Waals surface area contributed by atoms with E-state index in [2.05, 4.69) is 101 Å². The van der Waals surface area contributed by atoms with Gasteiger partial charge in [-0.15, -0.1) is 41.6 Å². The summed E-state index contributed by atoms with van der Waals surface area (Å²) in [5.41, 5.74) is 7.04. The fourth-order valence-electron chi connectivity index (χ4n) is 6.03. The monoisotopic (exact) mass is 791 g/mol. The van der Waals surface area contributed by atoms with Crippen LogP contribution in [0.15, 0.2) is 103 Å². The summed E-state index contributed by atoms with van der Waals surface area (Å²) in [7, 11) is 2.06. The molecule has 1 aromatic heterocycles. The SMILES string of the molecule is CC(O)CC(C)O.CN1[CH-]N(c2[c-]cccc2)c2ccccc21.[Ir+3].[c-]1ccccc1-c1cc2ccc(C3CCCCC3)cc2cn1. The molecule has 2 N–H and O–H groups in total. The fourth-order valence-corrected chi connectivity index (χ4v) is 6.03. The van der Waals surface area contributed by atoms with Gasteiger partial charge in [0.05, 0.1) is 12.2 Å². The molecule has 2 heterocycles. The molecule has 1 saturated carbocycles. The van der Waals surface area contributed by atoms with Gasteiger partial charge in [-0.2, -0.15) is 37.0 Å². The van der Waals surface area contributed by atoms with E-state index in [4.69, 9.17) is 10.2 Å². The van der Waals surface area contributed by atoms with Crippen LogP contribution in [-0.4, -0.2) is 34.5 Å². The van der Waals surface area contributed by atoms with Gasteiger partial charge < -0.3 is 25.0 Å². The van der Waals surface area contributed by atoms with Gasteiger partial charge in [-0.05, 0) is 86.3 Å². The third-order valence-corrected chi connectivity index (χ3v) is 8.25. The molecule has 240 valence electrons. The van der Waals surface area contributed by atoms with E-state index in [1.165, 1.54) is 59.8 Å². The summed E-state index contributed by atoms with van der Waals surface area (Å²) in [5.74, 6) is 0.750. The number of aromatic nitrogens is 1. The minimum Gasteiger partial charge on any atom is -0.504 e. The van der Waals surface area contributed by atoms with Crippen molar-refractivity contribution in [2.75, 3.05) is 16.8 Å². The van der Waals surface area contributed by atoms with Crippen LogP contribution in [0, 0.1) is 18.8 Å². The summed E-state index contributed by atoms with van der Waals surface area (Å²) in [4.78, 5) is 8.90. The van der Waals surface area contributed by atoms with Crippen molar-refractivity contribution in [2.45, 2.75) is 70.5 Å². The molecule has 2 atom stereocenters. The first-order valence-electron chi connectivity index (χ1n) is 16.0. The van der Waals surface area contributed by atoms with Gasteiger partial charge in [-0.3, -0.25) is 0 Å². The average Bonchev–Trinajstić information content (AvgIpc) is 3.42. The largest absolute Gasteiger partial charge is 3.00 e. The molecule has 0 spiro atoms. The zero-order chi connectivity index (χ0) is 31.6. The number of hydrogen-bond acceptors (Lipinski definition) is 5. The number of fused-ring (bicyclic) bond motifs is 2. The van der Waals surface area contributed by atoms with E-state index in [0.29, 0.717) is 6.42 Å². The van der Waals surface area contributed by atoms with Crippen molar-refractivity contribution in [1.82, 2.24) is 4.98 Å². The average molecular weight is 791 g/mol. The first kappa shape index (κ1) is 35.3. The number of anilines is 3. The Morgan fingerprint density at radius 3 is 2.11 bits per heavy atom. The third-order valence-electron chi connectivity index (χ3n) is 8.25. The van der Waals surface area contributed by atoms with Crippen molar-refractivity contribution in [3.05, 3.63) is 128 Å². The van der Waals surface area contributed by atoms with Crippen LogP contribution in [0.5, 0.6) is 0 Å². The molecule has 0 saturated heterocycles. The molecule has 1 fully saturated rings. The van der Waals surface area contributed by atoms with Crippen molar-refractivity contribution in [3.63, 3.8) is 0 Å². The number of pyridine rings is 1. The van der Waals surface area contributed by atoms with Crippen LogP contribution < -0.4 is 9.80 Å². The quantitative estimate of drug-likeness (QED) is 0.174. The van der Waals surface area contributed by atoms with Crippen molar-refractivity contribution in [1.29, 1.82) is 0 Å². The maximum atomic E-state index is 8.56. The van der Waals surface area contributed by atoms with Crippen LogP contribution in [-0.2, 0) is 20.1 Å². The Morgan fingerprint density at radius 1 is 0.804 bits per heavy atom. The van der Waals surface area contributed by atoms with Gasteiger partial charge in [-0.25, -0.2) is 0 Å². The molecular weight excluding hydrogens is 747 g/mol.